The number of hydrogen-bond acceptors (Lipinski definition) is 3. The molecule has 5 saturated carbocycles. The molecule has 0 bridgehead atoms. The van der Waals surface area contributed by atoms with Gasteiger partial charge in [0.2, 0.25) is 5.78 Å². The molecule has 35 heavy (non-hydrogen) atoms. The van der Waals surface area contributed by atoms with Crippen molar-refractivity contribution < 1.29 is 27.5 Å². The van der Waals surface area contributed by atoms with E-state index < -0.39 is 12.0 Å². The first-order chi connectivity index (χ1) is 16.1. The first-order valence-electron chi connectivity index (χ1n) is 13.8. The molecule has 5 fully saturated rings. The van der Waals surface area contributed by atoms with Gasteiger partial charge in [-0.3, -0.25) is 9.59 Å². The second-order valence-corrected chi connectivity index (χ2v) is 14.2. The van der Waals surface area contributed by atoms with Crippen LogP contribution in [0.1, 0.15) is 106 Å². The molecule has 198 valence electrons. The number of halogens is 3. The number of esters is 1. The summed E-state index contributed by atoms with van der Waals surface area (Å²) in [4.78, 5) is 23.6. The summed E-state index contributed by atoms with van der Waals surface area (Å²) in [6, 6.07) is 0. The van der Waals surface area contributed by atoms with E-state index in [2.05, 4.69) is 27.7 Å². The Hall–Kier alpha value is -1.07. The van der Waals surface area contributed by atoms with E-state index in [9.17, 15) is 22.8 Å². The summed E-state index contributed by atoms with van der Waals surface area (Å²) in [5, 5.41) is 0. The standard InChI is InChI=1S/C29H43F3O3/c1-17(15-22(34)29(30,31)32)19-9-11-26(6)21-8-7-20-24(3,4)23(35-18(2)33)10-12-27(20)16-28(21,27)14-13-25(19,26)5/h17,19-21,23H,7-16H2,1-6H3/t17-,19-,20?,21?,23+,25-,26+,27-,28+/m1/s1. The number of rotatable bonds is 4. The van der Waals surface area contributed by atoms with E-state index in [4.69, 9.17) is 4.74 Å². The smallest absolute Gasteiger partial charge is 0.449 e. The van der Waals surface area contributed by atoms with Crippen LogP contribution in [0.3, 0.4) is 0 Å². The molecule has 6 heteroatoms. The molecule has 9 atom stereocenters. The van der Waals surface area contributed by atoms with E-state index >= 15 is 0 Å². The molecule has 2 spiro atoms. The maximum Gasteiger partial charge on any atom is 0.449 e. The van der Waals surface area contributed by atoms with Gasteiger partial charge in [-0.25, -0.2) is 0 Å². The third kappa shape index (κ3) is 3.22. The normalized spacial score (nSPS) is 48.6. The molecule has 0 saturated heterocycles. The third-order valence-electron chi connectivity index (χ3n) is 12.9. The molecule has 5 rings (SSSR count). The lowest BCUT2D eigenvalue weighted by Crippen LogP contribution is -2.58. The predicted octanol–water partition coefficient (Wildman–Crippen LogP) is 7.51. The molecule has 0 aromatic rings. The predicted molar refractivity (Wildman–Crippen MR) is 127 cm³/mol. The van der Waals surface area contributed by atoms with Crippen molar-refractivity contribution >= 4 is 11.8 Å². The molecule has 2 unspecified atom stereocenters. The number of hydrogen-bond donors (Lipinski definition) is 0. The van der Waals surface area contributed by atoms with Crippen LogP contribution in [0.5, 0.6) is 0 Å². The van der Waals surface area contributed by atoms with Gasteiger partial charge < -0.3 is 4.74 Å². The van der Waals surface area contributed by atoms with Crippen molar-refractivity contribution in [2.75, 3.05) is 0 Å². The minimum absolute atomic E-state index is 0.0165. The average Bonchev–Trinajstić information content (AvgIpc) is 3.31. The van der Waals surface area contributed by atoms with Crippen LogP contribution in [0.25, 0.3) is 0 Å². The Kier molecular flexibility index (Phi) is 5.48. The first-order valence-corrected chi connectivity index (χ1v) is 13.8. The minimum atomic E-state index is -4.73. The summed E-state index contributed by atoms with van der Waals surface area (Å²) in [6.45, 7) is 12.8. The molecule has 3 nitrogen and oxygen atoms in total. The molecular formula is C29H43F3O3. The van der Waals surface area contributed by atoms with Gasteiger partial charge in [-0.05, 0) is 103 Å². The number of carbonyl (C=O) groups is 2. The maximum absolute atomic E-state index is 13.0. The number of alkyl halides is 3. The van der Waals surface area contributed by atoms with Crippen LogP contribution < -0.4 is 0 Å². The van der Waals surface area contributed by atoms with Crippen LogP contribution >= 0.6 is 0 Å². The molecular weight excluding hydrogens is 453 g/mol. The van der Waals surface area contributed by atoms with E-state index in [1.807, 2.05) is 6.92 Å². The van der Waals surface area contributed by atoms with Crippen LogP contribution in [0.2, 0.25) is 0 Å². The Labute approximate surface area is 208 Å². The fourth-order valence-electron chi connectivity index (χ4n) is 11.2. The largest absolute Gasteiger partial charge is 0.462 e. The molecule has 0 radical (unpaired) electrons. The highest BCUT2D eigenvalue weighted by Gasteiger charge is 2.82. The van der Waals surface area contributed by atoms with E-state index in [0.29, 0.717) is 22.7 Å². The van der Waals surface area contributed by atoms with Gasteiger partial charge >= 0.3 is 12.1 Å². The fourth-order valence-corrected chi connectivity index (χ4v) is 11.2. The van der Waals surface area contributed by atoms with Crippen molar-refractivity contribution in [1.82, 2.24) is 0 Å². The molecule has 0 heterocycles. The topological polar surface area (TPSA) is 43.4 Å². The zero-order valence-corrected chi connectivity index (χ0v) is 22.3. The highest BCUT2D eigenvalue weighted by atomic mass is 19.4. The third-order valence-corrected chi connectivity index (χ3v) is 12.9. The monoisotopic (exact) mass is 496 g/mol. The molecule has 0 N–H and O–H groups in total. The molecule has 5 aliphatic rings. The first kappa shape index (κ1) is 25.6. The summed E-state index contributed by atoms with van der Waals surface area (Å²) in [5.74, 6) is -0.677. The maximum atomic E-state index is 13.0. The lowest BCUT2D eigenvalue weighted by molar-refractivity contribution is -0.182. The Morgan fingerprint density at radius 1 is 0.886 bits per heavy atom. The molecule has 0 aliphatic heterocycles. The highest BCUT2D eigenvalue weighted by molar-refractivity contribution is 5.84. The second kappa shape index (κ2) is 7.49. The van der Waals surface area contributed by atoms with Crippen molar-refractivity contribution in [2.45, 2.75) is 118 Å². The highest BCUT2D eigenvalue weighted by Crippen LogP contribution is 2.89. The quantitative estimate of drug-likeness (QED) is 0.378. The van der Waals surface area contributed by atoms with Gasteiger partial charge in [0, 0.05) is 18.8 Å². The lowest BCUT2D eigenvalue weighted by Gasteiger charge is -2.63. The lowest BCUT2D eigenvalue weighted by atomic mass is 9.41. The van der Waals surface area contributed by atoms with Gasteiger partial charge in [-0.15, -0.1) is 0 Å². The van der Waals surface area contributed by atoms with Gasteiger partial charge in [-0.2, -0.15) is 13.2 Å². The Morgan fingerprint density at radius 3 is 2.14 bits per heavy atom. The minimum Gasteiger partial charge on any atom is -0.462 e. The molecule has 0 aromatic carbocycles. The average molecular weight is 497 g/mol. The second-order valence-electron chi connectivity index (χ2n) is 14.2. The van der Waals surface area contributed by atoms with Gasteiger partial charge in [0.05, 0.1) is 0 Å². The van der Waals surface area contributed by atoms with E-state index in [-0.39, 0.29) is 46.6 Å². The van der Waals surface area contributed by atoms with Crippen LogP contribution in [-0.4, -0.2) is 24.0 Å². The zero-order valence-electron chi connectivity index (χ0n) is 22.3. The summed E-state index contributed by atoms with van der Waals surface area (Å²) in [6.07, 6.45) is 4.72. The number of fused-ring (bicyclic) bond motifs is 2. The van der Waals surface area contributed by atoms with Crippen LogP contribution in [0.15, 0.2) is 0 Å². The zero-order chi connectivity index (χ0) is 25.8. The van der Waals surface area contributed by atoms with Gasteiger partial charge in [0.25, 0.3) is 0 Å². The van der Waals surface area contributed by atoms with E-state index in [1.54, 1.807) is 0 Å². The number of carbonyl (C=O) groups excluding carboxylic acids is 2. The van der Waals surface area contributed by atoms with Crippen molar-refractivity contribution in [3.63, 3.8) is 0 Å². The van der Waals surface area contributed by atoms with Crippen LogP contribution in [0, 0.1) is 50.7 Å². The van der Waals surface area contributed by atoms with Gasteiger partial charge in [-0.1, -0.05) is 34.6 Å². The van der Waals surface area contributed by atoms with Crippen LogP contribution in [-0.2, 0) is 14.3 Å². The molecule has 5 aliphatic carbocycles. The van der Waals surface area contributed by atoms with Crippen molar-refractivity contribution in [2.24, 2.45) is 50.7 Å². The Morgan fingerprint density at radius 2 is 1.51 bits per heavy atom. The van der Waals surface area contributed by atoms with E-state index in [1.165, 1.54) is 13.3 Å². The van der Waals surface area contributed by atoms with Gasteiger partial charge in [0.1, 0.15) is 6.10 Å². The molecule has 0 aromatic heterocycles. The number of Topliss-reactive ketones (excluding diaryl/α,β-unsaturated/α-hetero) is 1. The summed E-state index contributed by atoms with van der Waals surface area (Å²) >= 11 is 0. The SMILES string of the molecule is CC(=O)O[C@H]1CC[C@]23C[C@]24CC[C@]2(C)[C@@H]([C@H](C)CC(=O)C(F)(F)F)CC[C@@]2(C)C4CCC3C1(C)C. The van der Waals surface area contributed by atoms with Crippen molar-refractivity contribution in [3.8, 4) is 0 Å². The summed E-state index contributed by atoms with van der Waals surface area (Å²) < 4.78 is 44.9. The number of ketones is 1. The fraction of sp³-hybridized carbons (Fsp3) is 0.931. The van der Waals surface area contributed by atoms with Gasteiger partial charge in [0.15, 0.2) is 0 Å². The summed E-state index contributed by atoms with van der Waals surface area (Å²) in [7, 11) is 0. The molecule has 0 amide bonds. The van der Waals surface area contributed by atoms with Crippen LogP contribution in [0.4, 0.5) is 13.2 Å². The Bertz CT molecular complexity index is 927. The van der Waals surface area contributed by atoms with E-state index in [0.717, 1.165) is 51.4 Å². The van der Waals surface area contributed by atoms with Crippen molar-refractivity contribution in [1.29, 1.82) is 0 Å². The Balaban J connectivity index is 1.40. The van der Waals surface area contributed by atoms with Crippen molar-refractivity contribution in [3.05, 3.63) is 0 Å². The summed E-state index contributed by atoms with van der Waals surface area (Å²) in [5.41, 5.74) is 0.718. The number of ether oxygens (including phenoxy) is 1.